The Morgan fingerprint density at radius 3 is 1.86 bits per heavy atom. The molecule has 0 heterocycles. The van der Waals surface area contributed by atoms with Crippen LogP contribution in [-0.2, 0) is 9.53 Å². The van der Waals surface area contributed by atoms with Crippen LogP contribution in [0.4, 0.5) is 0 Å². The Bertz CT molecular complexity index is 539. The minimum absolute atomic E-state index is 0.0704. The van der Waals surface area contributed by atoms with Gasteiger partial charge in [-0.25, -0.2) is 0 Å². The normalized spacial score (nSPS) is 13.7. The molecule has 3 heteroatoms. The summed E-state index contributed by atoms with van der Waals surface area (Å²) >= 11 is 0. The topological polar surface area (TPSA) is 52.3 Å². The molecule has 2 aromatic rings. The first-order valence-electron chi connectivity index (χ1n) is 7.00. The summed E-state index contributed by atoms with van der Waals surface area (Å²) in [5.74, 6) is -0.365. The highest BCUT2D eigenvalue weighted by molar-refractivity contribution is 5.71. The van der Waals surface area contributed by atoms with Gasteiger partial charge in [-0.1, -0.05) is 60.7 Å². The number of methoxy groups -OCH3 is 1. The van der Waals surface area contributed by atoms with E-state index in [0.29, 0.717) is 0 Å². The second kappa shape index (κ2) is 6.55. The molecule has 0 spiro atoms. The number of carbonyl (C=O) groups excluding carboxylic acids is 1. The van der Waals surface area contributed by atoms with E-state index >= 15 is 0 Å². The van der Waals surface area contributed by atoms with Gasteiger partial charge in [0.15, 0.2) is 0 Å². The van der Waals surface area contributed by atoms with Crippen LogP contribution in [0, 0.1) is 0 Å². The number of rotatable bonds is 5. The zero-order valence-corrected chi connectivity index (χ0v) is 12.5. The summed E-state index contributed by atoms with van der Waals surface area (Å²) in [7, 11) is 1.39. The number of hydrogen-bond acceptors (Lipinski definition) is 3. The highest BCUT2D eigenvalue weighted by Crippen LogP contribution is 2.35. The molecule has 0 aliphatic heterocycles. The van der Waals surface area contributed by atoms with Gasteiger partial charge in [0, 0.05) is 11.5 Å². The van der Waals surface area contributed by atoms with Crippen LogP contribution in [0.15, 0.2) is 60.7 Å². The first kappa shape index (κ1) is 15.3. The average Bonchev–Trinajstić information content (AvgIpc) is 2.48. The molecule has 2 aromatic carbocycles. The molecule has 110 valence electrons. The van der Waals surface area contributed by atoms with Gasteiger partial charge in [0.25, 0.3) is 0 Å². The van der Waals surface area contributed by atoms with Gasteiger partial charge in [0.1, 0.15) is 0 Å². The maximum Gasteiger partial charge on any atom is 0.307 e. The molecule has 21 heavy (non-hydrogen) atoms. The van der Waals surface area contributed by atoms with E-state index in [2.05, 4.69) is 0 Å². The van der Waals surface area contributed by atoms with Crippen molar-refractivity contribution in [2.45, 2.75) is 24.8 Å². The predicted octanol–water partition coefficient (Wildman–Crippen LogP) is 3.10. The fourth-order valence-electron chi connectivity index (χ4n) is 2.73. The van der Waals surface area contributed by atoms with Gasteiger partial charge >= 0.3 is 5.97 Å². The lowest BCUT2D eigenvalue weighted by Crippen LogP contribution is -2.45. The molecule has 0 aliphatic rings. The molecule has 0 aromatic heterocycles. The Labute approximate surface area is 125 Å². The first-order chi connectivity index (χ1) is 10.0. The van der Waals surface area contributed by atoms with E-state index in [1.807, 2.05) is 67.6 Å². The molecule has 1 unspecified atom stereocenters. The Morgan fingerprint density at radius 1 is 1.05 bits per heavy atom. The van der Waals surface area contributed by atoms with Gasteiger partial charge in [-0.05, 0) is 18.1 Å². The average molecular weight is 283 g/mol. The third kappa shape index (κ3) is 3.70. The van der Waals surface area contributed by atoms with E-state index < -0.39 is 5.54 Å². The largest absolute Gasteiger partial charge is 0.469 e. The number of ether oxygens (including phenoxy) is 1. The van der Waals surface area contributed by atoms with Crippen LogP contribution in [0.3, 0.4) is 0 Å². The molecule has 0 bridgehead atoms. The van der Waals surface area contributed by atoms with Gasteiger partial charge in [0.05, 0.1) is 13.5 Å². The Hall–Kier alpha value is -2.13. The molecule has 0 saturated carbocycles. The van der Waals surface area contributed by atoms with Crippen molar-refractivity contribution in [2.75, 3.05) is 7.11 Å². The van der Waals surface area contributed by atoms with Crippen molar-refractivity contribution in [1.29, 1.82) is 0 Å². The third-order valence-corrected chi connectivity index (χ3v) is 3.68. The zero-order chi connectivity index (χ0) is 15.3. The highest BCUT2D eigenvalue weighted by atomic mass is 16.5. The summed E-state index contributed by atoms with van der Waals surface area (Å²) < 4.78 is 4.79. The molecule has 2 N–H and O–H groups in total. The van der Waals surface area contributed by atoms with Crippen molar-refractivity contribution in [2.24, 2.45) is 5.73 Å². The maximum atomic E-state index is 11.7. The first-order valence-corrected chi connectivity index (χ1v) is 7.00. The number of esters is 1. The Kier molecular flexibility index (Phi) is 4.76. The van der Waals surface area contributed by atoms with E-state index in [1.165, 1.54) is 7.11 Å². The molecule has 1 atom stereocenters. The van der Waals surface area contributed by atoms with E-state index in [-0.39, 0.29) is 18.3 Å². The molecule has 3 nitrogen and oxygen atoms in total. The van der Waals surface area contributed by atoms with Crippen molar-refractivity contribution in [3.63, 3.8) is 0 Å². The SMILES string of the molecule is COC(=O)CC(C)(N)C(c1ccccc1)c1ccccc1. The Balaban J connectivity index is 2.44. The van der Waals surface area contributed by atoms with Gasteiger partial charge in [-0.3, -0.25) is 4.79 Å². The summed E-state index contributed by atoms with van der Waals surface area (Å²) in [6.45, 7) is 1.90. The van der Waals surface area contributed by atoms with E-state index in [4.69, 9.17) is 10.5 Å². The van der Waals surface area contributed by atoms with E-state index in [1.54, 1.807) is 0 Å². The second-order valence-corrected chi connectivity index (χ2v) is 5.51. The summed E-state index contributed by atoms with van der Waals surface area (Å²) in [6.07, 6.45) is 0.165. The molecule has 0 fully saturated rings. The monoisotopic (exact) mass is 283 g/mol. The smallest absolute Gasteiger partial charge is 0.307 e. The number of hydrogen-bond donors (Lipinski definition) is 1. The fourth-order valence-corrected chi connectivity index (χ4v) is 2.73. The van der Waals surface area contributed by atoms with Crippen molar-refractivity contribution < 1.29 is 9.53 Å². The lowest BCUT2D eigenvalue weighted by Gasteiger charge is -2.34. The third-order valence-electron chi connectivity index (χ3n) is 3.68. The molecule has 0 saturated heterocycles. The van der Waals surface area contributed by atoms with Crippen molar-refractivity contribution >= 4 is 5.97 Å². The predicted molar refractivity (Wildman–Crippen MR) is 84.0 cm³/mol. The molecule has 0 aliphatic carbocycles. The number of nitrogens with two attached hydrogens (primary N) is 1. The van der Waals surface area contributed by atoms with Gasteiger partial charge in [-0.2, -0.15) is 0 Å². The fraction of sp³-hybridized carbons (Fsp3) is 0.278. The van der Waals surface area contributed by atoms with E-state index in [0.717, 1.165) is 11.1 Å². The minimum Gasteiger partial charge on any atom is -0.469 e. The van der Waals surface area contributed by atoms with Gasteiger partial charge in [0.2, 0.25) is 0 Å². The lowest BCUT2D eigenvalue weighted by atomic mass is 9.75. The Morgan fingerprint density at radius 2 is 1.48 bits per heavy atom. The summed E-state index contributed by atoms with van der Waals surface area (Å²) in [5, 5.41) is 0. The quantitative estimate of drug-likeness (QED) is 0.858. The van der Waals surface area contributed by atoms with Crippen LogP contribution in [-0.4, -0.2) is 18.6 Å². The number of carbonyl (C=O) groups is 1. The minimum atomic E-state index is -0.726. The van der Waals surface area contributed by atoms with Crippen LogP contribution in [0.25, 0.3) is 0 Å². The van der Waals surface area contributed by atoms with Gasteiger partial charge in [-0.15, -0.1) is 0 Å². The molecular formula is C18H21NO2. The molecule has 0 amide bonds. The summed E-state index contributed by atoms with van der Waals surface area (Å²) in [6, 6.07) is 20.1. The van der Waals surface area contributed by atoms with Crippen LogP contribution in [0.1, 0.15) is 30.4 Å². The van der Waals surface area contributed by atoms with Crippen LogP contribution in [0.2, 0.25) is 0 Å². The summed E-state index contributed by atoms with van der Waals surface area (Å²) in [5.41, 5.74) is 7.96. The van der Waals surface area contributed by atoms with Crippen LogP contribution < -0.4 is 5.73 Å². The molecule has 2 rings (SSSR count). The van der Waals surface area contributed by atoms with Crippen molar-refractivity contribution in [1.82, 2.24) is 0 Å². The van der Waals surface area contributed by atoms with Crippen molar-refractivity contribution in [3.05, 3.63) is 71.8 Å². The lowest BCUT2D eigenvalue weighted by molar-refractivity contribution is -0.142. The zero-order valence-electron chi connectivity index (χ0n) is 12.5. The van der Waals surface area contributed by atoms with Crippen LogP contribution in [0.5, 0.6) is 0 Å². The van der Waals surface area contributed by atoms with Crippen molar-refractivity contribution in [3.8, 4) is 0 Å². The van der Waals surface area contributed by atoms with E-state index in [9.17, 15) is 4.79 Å². The number of benzene rings is 2. The highest BCUT2D eigenvalue weighted by Gasteiger charge is 2.35. The standard InChI is InChI=1S/C18H21NO2/c1-18(19,13-16(20)21-2)17(14-9-5-3-6-10-14)15-11-7-4-8-12-15/h3-12,17H,13,19H2,1-2H3. The summed E-state index contributed by atoms with van der Waals surface area (Å²) in [4.78, 5) is 11.7. The van der Waals surface area contributed by atoms with Crippen LogP contribution >= 0.6 is 0 Å². The van der Waals surface area contributed by atoms with Gasteiger partial charge < -0.3 is 10.5 Å². The second-order valence-electron chi connectivity index (χ2n) is 5.51. The molecular weight excluding hydrogens is 262 g/mol. The maximum absolute atomic E-state index is 11.7. The molecule has 0 radical (unpaired) electrons.